The Balaban J connectivity index is 4.07. The molecule has 0 aliphatic carbocycles. The number of rotatable bonds is 7. The van der Waals surface area contributed by atoms with Gasteiger partial charge in [0.05, 0.1) is 4.90 Å². The predicted octanol–water partition coefficient (Wildman–Crippen LogP) is 4.90. The molecule has 0 atom stereocenters. The molecule has 0 aliphatic rings. The Bertz CT molecular complexity index is 921. The zero-order chi connectivity index (χ0) is 22.5. The van der Waals surface area contributed by atoms with Crippen molar-refractivity contribution in [1.29, 1.82) is 0 Å². The second kappa shape index (κ2) is 7.56. The number of hydrogen-bond donors (Lipinski definition) is 1. The lowest BCUT2D eigenvalue weighted by Crippen LogP contribution is -2.52. The van der Waals surface area contributed by atoms with E-state index in [1.165, 1.54) is 39.8 Å². The van der Waals surface area contributed by atoms with Crippen LogP contribution in [0.5, 0.6) is 0 Å². The van der Waals surface area contributed by atoms with Crippen molar-refractivity contribution in [1.82, 2.24) is 0 Å². The summed E-state index contributed by atoms with van der Waals surface area (Å²) in [5.74, 6) is -1.39. The van der Waals surface area contributed by atoms with Gasteiger partial charge in [-0.1, -0.05) is 53.7 Å². The highest BCUT2D eigenvalue weighted by Gasteiger charge is 2.73. The number of sulfone groups is 1. The van der Waals surface area contributed by atoms with Gasteiger partial charge in [-0.25, -0.2) is 8.42 Å². The van der Waals surface area contributed by atoms with Gasteiger partial charge in [0.1, 0.15) is 0 Å². The predicted molar refractivity (Wildman–Crippen MR) is 97.3 cm³/mol. The van der Waals surface area contributed by atoms with Crippen LogP contribution in [0.3, 0.4) is 0 Å². The summed E-state index contributed by atoms with van der Waals surface area (Å²) < 4.78 is 112. The molecular formula is C17H24F4O5S2. The van der Waals surface area contributed by atoms with Crippen molar-refractivity contribution in [2.45, 2.75) is 74.7 Å². The van der Waals surface area contributed by atoms with Gasteiger partial charge in [0, 0.05) is 0 Å². The summed E-state index contributed by atoms with van der Waals surface area (Å²) in [5.41, 5.74) is 0.373. The Kier molecular flexibility index (Phi) is 6.71. The van der Waals surface area contributed by atoms with Crippen LogP contribution < -0.4 is 0 Å². The first-order valence-electron chi connectivity index (χ1n) is 8.45. The summed E-state index contributed by atoms with van der Waals surface area (Å²) in [6.45, 7) is 9.59. The Morgan fingerprint density at radius 3 is 1.36 bits per heavy atom. The Labute approximate surface area is 162 Å². The van der Waals surface area contributed by atoms with Crippen molar-refractivity contribution in [3.8, 4) is 0 Å². The standard InChI is InChI=1S/C17H24F4O5S2/c1-9(2)12-7-13(10(3)4)15(14(8-12)11(5)6)27(22,23)16(18,19)17(20,21)28(24,25)26/h7-11H,1-6H3,(H,24,25,26). The molecule has 0 aliphatic heterocycles. The average Bonchev–Trinajstić information content (AvgIpc) is 2.51. The minimum Gasteiger partial charge on any atom is -0.281 e. The van der Waals surface area contributed by atoms with Gasteiger partial charge in [-0.2, -0.15) is 26.0 Å². The summed E-state index contributed by atoms with van der Waals surface area (Å²) >= 11 is 0. The second-order valence-corrected chi connectivity index (χ2v) is 10.9. The Morgan fingerprint density at radius 1 is 0.750 bits per heavy atom. The maximum absolute atomic E-state index is 14.4. The first kappa shape index (κ1) is 24.8. The van der Waals surface area contributed by atoms with Crippen LogP contribution in [0, 0.1) is 0 Å². The summed E-state index contributed by atoms with van der Waals surface area (Å²) in [7, 11) is -12.9. The van der Waals surface area contributed by atoms with Crippen LogP contribution in [0.2, 0.25) is 0 Å². The van der Waals surface area contributed by atoms with Crippen molar-refractivity contribution in [2.75, 3.05) is 0 Å². The maximum Gasteiger partial charge on any atom is 0.447 e. The fourth-order valence-corrected chi connectivity index (χ4v) is 5.36. The van der Waals surface area contributed by atoms with E-state index in [0.29, 0.717) is 5.56 Å². The third kappa shape index (κ3) is 3.93. The van der Waals surface area contributed by atoms with E-state index in [1.807, 2.05) is 0 Å². The molecule has 0 unspecified atom stereocenters. The van der Waals surface area contributed by atoms with Gasteiger partial charge in [0.2, 0.25) is 0 Å². The van der Waals surface area contributed by atoms with Crippen LogP contribution in [-0.2, 0) is 20.0 Å². The molecule has 11 heteroatoms. The van der Waals surface area contributed by atoms with Gasteiger partial charge in [-0.15, -0.1) is 0 Å². The van der Waals surface area contributed by atoms with Crippen molar-refractivity contribution < 1.29 is 39.0 Å². The maximum atomic E-state index is 14.4. The van der Waals surface area contributed by atoms with E-state index in [0.717, 1.165) is 0 Å². The highest BCUT2D eigenvalue weighted by molar-refractivity contribution is 7.94. The molecule has 162 valence electrons. The quantitative estimate of drug-likeness (QED) is 0.473. The number of benzene rings is 1. The summed E-state index contributed by atoms with van der Waals surface area (Å²) in [5, 5.41) is -12.3. The van der Waals surface area contributed by atoms with Crippen molar-refractivity contribution in [3.63, 3.8) is 0 Å². The molecule has 1 aromatic rings. The molecule has 1 aromatic carbocycles. The average molecular weight is 449 g/mol. The van der Waals surface area contributed by atoms with Crippen LogP contribution in [0.4, 0.5) is 17.6 Å². The largest absolute Gasteiger partial charge is 0.447 e. The normalized spacial score (nSPS) is 14.4. The Hall–Kier alpha value is -1.20. The fraction of sp³-hybridized carbons (Fsp3) is 0.647. The number of halogens is 4. The van der Waals surface area contributed by atoms with Gasteiger partial charge in [-0.05, 0) is 34.4 Å². The molecule has 0 saturated heterocycles. The lowest BCUT2D eigenvalue weighted by atomic mass is 9.89. The zero-order valence-corrected chi connectivity index (χ0v) is 17.9. The molecule has 0 spiro atoms. The number of hydrogen-bond acceptors (Lipinski definition) is 4. The van der Waals surface area contributed by atoms with Crippen LogP contribution in [0.15, 0.2) is 17.0 Å². The van der Waals surface area contributed by atoms with Gasteiger partial charge in [-0.3, -0.25) is 4.55 Å². The van der Waals surface area contributed by atoms with Crippen LogP contribution in [0.25, 0.3) is 0 Å². The van der Waals surface area contributed by atoms with Crippen molar-refractivity contribution in [3.05, 3.63) is 28.8 Å². The zero-order valence-electron chi connectivity index (χ0n) is 16.3. The smallest absolute Gasteiger partial charge is 0.281 e. The monoisotopic (exact) mass is 448 g/mol. The van der Waals surface area contributed by atoms with E-state index in [4.69, 9.17) is 4.55 Å². The van der Waals surface area contributed by atoms with Gasteiger partial charge < -0.3 is 0 Å². The molecule has 0 aromatic heterocycles. The highest BCUT2D eigenvalue weighted by atomic mass is 32.2. The third-order valence-electron chi connectivity index (χ3n) is 4.35. The van der Waals surface area contributed by atoms with E-state index < -0.39 is 47.2 Å². The number of alkyl halides is 4. The first-order valence-corrected chi connectivity index (χ1v) is 11.4. The molecule has 0 heterocycles. The van der Waals surface area contributed by atoms with E-state index in [9.17, 15) is 34.4 Å². The lowest BCUT2D eigenvalue weighted by molar-refractivity contribution is -0.101. The lowest BCUT2D eigenvalue weighted by Gasteiger charge is -2.28. The van der Waals surface area contributed by atoms with Crippen LogP contribution >= 0.6 is 0 Å². The molecule has 0 saturated carbocycles. The molecule has 28 heavy (non-hydrogen) atoms. The summed E-state index contributed by atoms with van der Waals surface area (Å²) in [6, 6.07) is 2.69. The van der Waals surface area contributed by atoms with Gasteiger partial charge in [0.15, 0.2) is 0 Å². The Morgan fingerprint density at radius 2 is 1.11 bits per heavy atom. The second-order valence-electron chi connectivity index (χ2n) is 7.50. The molecule has 0 bridgehead atoms. The molecule has 1 N–H and O–H groups in total. The highest BCUT2D eigenvalue weighted by Crippen LogP contribution is 2.48. The third-order valence-corrected chi connectivity index (χ3v) is 7.32. The molecular weight excluding hydrogens is 424 g/mol. The van der Waals surface area contributed by atoms with Crippen molar-refractivity contribution >= 4 is 20.0 Å². The molecule has 1 rings (SSSR count). The summed E-state index contributed by atoms with van der Waals surface area (Å²) in [4.78, 5) is -1.03. The van der Waals surface area contributed by atoms with E-state index in [2.05, 4.69) is 0 Å². The molecule has 0 radical (unpaired) electrons. The van der Waals surface area contributed by atoms with Gasteiger partial charge in [0.25, 0.3) is 9.84 Å². The van der Waals surface area contributed by atoms with E-state index in [-0.39, 0.29) is 17.0 Å². The van der Waals surface area contributed by atoms with Gasteiger partial charge >= 0.3 is 20.6 Å². The molecule has 5 nitrogen and oxygen atoms in total. The SMILES string of the molecule is CC(C)c1cc(C(C)C)c(S(=O)(=O)C(F)(F)C(F)(F)S(=O)(=O)O)c(C(C)C)c1. The molecule has 0 fully saturated rings. The summed E-state index contributed by atoms with van der Waals surface area (Å²) in [6.07, 6.45) is 0. The minimum absolute atomic E-state index is 0.105. The fourth-order valence-electron chi connectivity index (χ4n) is 2.63. The van der Waals surface area contributed by atoms with E-state index in [1.54, 1.807) is 13.8 Å². The van der Waals surface area contributed by atoms with E-state index >= 15 is 0 Å². The topological polar surface area (TPSA) is 88.5 Å². The minimum atomic E-state index is -6.70. The van der Waals surface area contributed by atoms with Crippen LogP contribution in [-0.4, -0.2) is 31.9 Å². The molecule has 0 amide bonds. The first-order chi connectivity index (χ1) is 12.3. The van der Waals surface area contributed by atoms with Crippen LogP contribution in [0.1, 0.15) is 76.0 Å². The van der Waals surface area contributed by atoms with Crippen molar-refractivity contribution in [2.24, 2.45) is 0 Å².